The van der Waals surface area contributed by atoms with Crippen LogP contribution in [0.4, 0.5) is 0 Å². The summed E-state index contributed by atoms with van der Waals surface area (Å²) in [7, 11) is 0. The van der Waals surface area contributed by atoms with E-state index in [0.717, 1.165) is 0 Å². The monoisotopic (exact) mass is 184 g/mol. The van der Waals surface area contributed by atoms with Crippen molar-refractivity contribution in [2.75, 3.05) is 6.61 Å². The molecule has 13 heavy (non-hydrogen) atoms. The Morgan fingerprint density at radius 3 is 2.54 bits per heavy atom. The number of carbonyl (C=O) groups excluding carboxylic acids is 2. The largest absolute Gasteiger partial charge is 0.466 e. The molecule has 0 aliphatic heterocycles. The van der Waals surface area contributed by atoms with Gasteiger partial charge in [0.15, 0.2) is 0 Å². The summed E-state index contributed by atoms with van der Waals surface area (Å²) in [4.78, 5) is 21.9. The maximum atomic E-state index is 11.1. The topological polar surface area (TPSA) is 43.4 Å². The summed E-state index contributed by atoms with van der Waals surface area (Å²) in [6, 6.07) is 0. The smallest absolute Gasteiger partial charge is 0.306 e. The van der Waals surface area contributed by atoms with Gasteiger partial charge >= 0.3 is 5.97 Å². The molecule has 0 amide bonds. The van der Waals surface area contributed by atoms with E-state index in [1.54, 1.807) is 13.0 Å². The van der Waals surface area contributed by atoms with E-state index in [1.807, 2.05) is 13.0 Å². The zero-order chi connectivity index (χ0) is 10.1. The van der Waals surface area contributed by atoms with Crippen molar-refractivity contribution in [1.29, 1.82) is 0 Å². The van der Waals surface area contributed by atoms with Gasteiger partial charge in [0.2, 0.25) is 0 Å². The van der Waals surface area contributed by atoms with Gasteiger partial charge < -0.3 is 4.74 Å². The first-order valence-electron chi connectivity index (χ1n) is 4.49. The van der Waals surface area contributed by atoms with Gasteiger partial charge in [-0.1, -0.05) is 12.2 Å². The fraction of sp³-hybridized carbons (Fsp3) is 0.600. The van der Waals surface area contributed by atoms with Crippen molar-refractivity contribution < 1.29 is 14.3 Å². The third-order valence-corrected chi connectivity index (χ3v) is 1.49. The number of rotatable bonds is 6. The van der Waals surface area contributed by atoms with E-state index in [1.165, 1.54) is 0 Å². The molecular weight excluding hydrogens is 168 g/mol. The number of hydrogen-bond donors (Lipinski definition) is 0. The molecule has 0 bridgehead atoms. The molecule has 3 heteroatoms. The second-order valence-corrected chi connectivity index (χ2v) is 2.62. The maximum Gasteiger partial charge on any atom is 0.306 e. The standard InChI is InChI=1S/C10H16O3/c1-3-5-6-9(11)7-8-10(12)13-4-2/h3,5H,4,6-8H2,1-2H3/b5-3+. The minimum absolute atomic E-state index is 0.0751. The Bertz CT molecular complexity index is 194. The van der Waals surface area contributed by atoms with E-state index in [2.05, 4.69) is 4.74 Å². The van der Waals surface area contributed by atoms with Crippen LogP contribution in [0, 0.1) is 0 Å². The van der Waals surface area contributed by atoms with Crippen molar-refractivity contribution in [3.8, 4) is 0 Å². The highest BCUT2D eigenvalue weighted by Gasteiger charge is 2.05. The van der Waals surface area contributed by atoms with Gasteiger partial charge in [0.1, 0.15) is 5.78 Å². The van der Waals surface area contributed by atoms with E-state index < -0.39 is 0 Å². The Kier molecular flexibility index (Phi) is 6.88. The molecule has 0 saturated carbocycles. The Labute approximate surface area is 78.8 Å². The molecule has 0 spiro atoms. The highest BCUT2D eigenvalue weighted by atomic mass is 16.5. The summed E-state index contributed by atoms with van der Waals surface area (Å²) in [5.74, 6) is -0.220. The van der Waals surface area contributed by atoms with Gasteiger partial charge in [-0.15, -0.1) is 0 Å². The Balaban J connectivity index is 3.51. The van der Waals surface area contributed by atoms with E-state index in [-0.39, 0.29) is 24.6 Å². The molecule has 0 fully saturated rings. The minimum Gasteiger partial charge on any atom is -0.466 e. The molecule has 0 N–H and O–H groups in total. The van der Waals surface area contributed by atoms with Crippen LogP contribution >= 0.6 is 0 Å². The van der Waals surface area contributed by atoms with Gasteiger partial charge in [-0.25, -0.2) is 0 Å². The minimum atomic E-state index is -0.295. The van der Waals surface area contributed by atoms with Crippen molar-refractivity contribution >= 4 is 11.8 Å². The summed E-state index contributed by atoms with van der Waals surface area (Å²) in [6.45, 7) is 3.99. The van der Waals surface area contributed by atoms with Crippen LogP contribution in [0.2, 0.25) is 0 Å². The van der Waals surface area contributed by atoms with Crippen LogP contribution in [-0.2, 0) is 14.3 Å². The van der Waals surface area contributed by atoms with Crippen LogP contribution in [0.1, 0.15) is 33.1 Å². The SMILES string of the molecule is C/C=C/CC(=O)CCC(=O)OCC. The molecule has 0 unspecified atom stereocenters. The highest BCUT2D eigenvalue weighted by molar-refractivity contribution is 5.83. The Morgan fingerprint density at radius 1 is 1.31 bits per heavy atom. The van der Waals surface area contributed by atoms with Crippen LogP contribution in [0.5, 0.6) is 0 Å². The summed E-state index contributed by atoms with van der Waals surface area (Å²) in [6.07, 6.45) is 4.50. The third-order valence-electron chi connectivity index (χ3n) is 1.49. The first-order valence-corrected chi connectivity index (χ1v) is 4.49. The second kappa shape index (κ2) is 7.53. The summed E-state index contributed by atoms with van der Waals surface area (Å²) < 4.78 is 4.69. The predicted octanol–water partition coefficient (Wildman–Crippen LogP) is 1.86. The van der Waals surface area contributed by atoms with Crippen LogP contribution in [0.15, 0.2) is 12.2 Å². The Hall–Kier alpha value is -1.12. The van der Waals surface area contributed by atoms with Crippen LogP contribution in [-0.4, -0.2) is 18.4 Å². The number of hydrogen-bond acceptors (Lipinski definition) is 3. The van der Waals surface area contributed by atoms with Gasteiger partial charge in [-0.05, 0) is 13.8 Å². The average Bonchev–Trinajstić information content (AvgIpc) is 2.12. The first-order chi connectivity index (χ1) is 6.20. The predicted molar refractivity (Wildman–Crippen MR) is 50.3 cm³/mol. The fourth-order valence-electron chi connectivity index (χ4n) is 0.826. The molecule has 3 nitrogen and oxygen atoms in total. The van der Waals surface area contributed by atoms with Crippen LogP contribution in [0.25, 0.3) is 0 Å². The third kappa shape index (κ3) is 7.25. The number of ether oxygens (including phenoxy) is 1. The molecule has 0 aliphatic carbocycles. The summed E-state index contributed by atoms with van der Waals surface area (Å²) in [5.41, 5.74) is 0. The second-order valence-electron chi connectivity index (χ2n) is 2.62. The normalized spacial score (nSPS) is 10.3. The number of allylic oxidation sites excluding steroid dienone is 2. The van der Waals surface area contributed by atoms with Crippen LogP contribution < -0.4 is 0 Å². The Morgan fingerprint density at radius 2 is 2.00 bits per heavy atom. The van der Waals surface area contributed by atoms with Gasteiger partial charge in [0, 0.05) is 12.8 Å². The lowest BCUT2D eigenvalue weighted by atomic mass is 10.1. The van der Waals surface area contributed by atoms with Gasteiger partial charge in [0.25, 0.3) is 0 Å². The van der Waals surface area contributed by atoms with Gasteiger partial charge in [-0.3, -0.25) is 9.59 Å². The summed E-state index contributed by atoms with van der Waals surface area (Å²) in [5, 5.41) is 0. The lowest BCUT2D eigenvalue weighted by Gasteiger charge is -1.99. The van der Waals surface area contributed by atoms with Crippen molar-refractivity contribution in [2.45, 2.75) is 33.1 Å². The average molecular weight is 184 g/mol. The van der Waals surface area contributed by atoms with Crippen LogP contribution in [0.3, 0.4) is 0 Å². The summed E-state index contributed by atoms with van der Waals surface area (Å²) >= 11 is 0. The highest BCUT2D eigenvalue weighted by Crippen LogP contribution is 1.98. The molecule has 0 aromatic carbocycles. The molecule has 0 atom stereocenters. The molecule has 0 rings (SSSR count). The number of Topliss-reactive ketones (excluding diaryl/α,β-unsaturated/α-hetero) is 1. The van der Waals surface area contributed by atoms with Crippen molar-refractivity contribution in [3.63, 3.8) is 0 Å². The molecule has 0 aliphatic rings. The fourth-order valence-corrected chi connectivity index (χ4v) is 0.826. The van der Waals surface area contributed by atoms with E-state index in [0.29, 0.717) is 13.0 Å². The zero-order valence-electron chi connectivity index (χ0n) is 8.21. The van der Waals surface area contributed by atoms with E-state index in [9.17, 15) is 9.59 Å². The number of carbonyl (C=O) groups is 2. The maximum absolute atomic E-state index is 11.1. The molecular formula is C10H16O3. The lowest BCUT2D eigenvalue weighted by Crippen LogP contribution is -2.06. The van der Waals surface area contributed by atoms with Gasteiger partial charge in [-0.2, -0.15) is 0 Å². The molecule has 0 heterocycles. The molecule has 0 radical (unpaired) electrons. The van der Waals surface area contributed by atoms with Crippen molar-refractivity contribution in [1.82, 2.24) is 0 Å². The number of ketones is 1. The first kappa shape index (κ1) is 11.9. The van der Waals surface area contributed by atoms with E-state index >= 15 is 0 Å². The molecule has 74 valence electrons. The quantitative estimate of drug-likeness (QED) is 0.467. The van der Waals surface area contributed by atoms with Crippen molar-refractivity contribution in [3.05, 3.63) is 12.2 Å². The van der Waals surface area contributed by atoms with Crippen molar-refractivity contribution in [2.24, 2.45) is 0 Å². The lowest BCUT2D eigenvalue weighted by molar-refractivity contribution is -0.144. The molecule has 0 aromatic heterocycles. The molecule has 0 aromatic rings. The molecule has 0 saturated heterocycles. The number of esters is 1. The van der Waals surface area contributed by atoms with Gasteiger partial charge in [0.05, 0.1) is 13.0 Å². The zero-order valence-corrected chi connectivity index (χ0v) is 8.21. The van der Waals surface area contributed by atoms with E-state index in [4.69, 9.17) is 0 Å².